The minimum atomic E-state index is -0.494. The van der Waals surface area contributed by atoms with Crippen LogP contribution in [-0.4, -0.2) is 21.1 Å². The Balaban J connectivity index is 2.26. The zero-order chi connectivity index (χ0) is 12.4. The lowest BCUT2D eigenvalue weighted by Crippen LogP contribution is -2.32. The monoisotopic (exact) mass is 234 g/mol. The van der Waals surface area contributed by atoms with Crippen LogP contribution >= 0.6 is 0 Å². The van der Waals surface area contributed by atoms with E-state index < -0.39 is 16.9 Å². The molecule has 6 nitrogen and oxygen atoms in total. The predicted molar refractivity (Wildman–Crippen MR) is 58.2 cm³/mol. The number of carbonyl (C=O) groups excluding carboxylic acids is 1. The standard InChI is InChI=1S/C11H10N2O4/c14-11-3-1-2-10(12(11)15)8-4-6-9(7-5-8)13(16)17/h1,3-7,10,15H,2H2. The van der Waals surface area contributed by atoms with Gasteiger partial charge in [-0.15, -0.1) is 0 Å². The number of nitrogens with zero attached hydrogens (tertiary/aromatic N) is 2. The highest BCUT2D eigenvalue weighted by Crippen LogP contribution is 2.27. The van der Waals surface area contributed by atoms with Crippen LogP contribution in [0.25, 0.3) is 0 Å². The minimum Gasteiger partial charge on any atom is -0.285 e. The molecular formula is C11H10N2O4. The van der Waals surface area contributed by atoms with Crippen LogP contribution in [0.4, 0.5) is 5.69 Å². The molecular weight excluding hydrogens is 224 g/mol. The van der Waals surface area contributed by atoms with Crippen molar-refractivity contribution >= 4 is 11.6 Å². The summed E-state index contributed by atoms with van der Waals surface area (Å²) in [6.45, 7) is 0. The Hall–Kier alpha value is -2.21. The fraction of sp³-hybridized carbons (Fsp3) is 0.182. The van der Waals surface area contributed by atoms with Gasteiger partial charge in [-0.1, -0.05) is 18.2 Å². The van der Waals surface area contributed by atoms with Gasteiger partial charge in [-0.05, 0) is 12.0 Å². The second kappa shape index (κ2) is 4.34. The summed E-state index contributed by atoms with van der Waals surface area (Å²) in [6.07, 6.45) is 3.45. The summed E-state index contributed by atoms with van der Waals surface area (Å²) in [4.78, 5) is 21.2. The van der Waals surface area contributed by atoms with Crippen molar-refractivity contribution < 1.29 is 14.9 Å². The quantitative estimate of drug-likeness (QED) is 0.480. The van der Waals surface area contributed by atoms with Gasteiger partial charge in [0.25, 0.3) is 11.6 Å². The van der Waals surface area contributed by atoms with Crippen LogP contribution in [-0.2, 0) is 4.79 Å². The van der Waals surface area contributed by atoms with Crippen LogP contribution in [0.1, 0.15) is 18.0 Å². The Bertz CT molecular complexity index is 481. The molecule has 0 radical (unpaired) electrons. The van der Waals surface area contributed by atoms with Gasteiger partial charge in [-0.2, -0.15) is 0 Å². The number of hydroxylamine groups is 2. The molecule has 1 unspecified atom stereocenters. The van der Waals surface area contributed by atoms with Crippen molar-refractivity contribution in [1.82, 2.24) is 5.06 Å². The molecule has 88 valence electrons. The number of rotatable bonds is 2. The molecule has 17 heavy (non-hydrogen) atoms. The second-order valence-corrected chi connectivity index (χ2v) is 3.69. The first-order chi connectivity index (χ1) is 8.09. The first kappa shape index (κ1) is 11.3. The van der Waals surface area contributed by atoms with E-state index in [2.05, 4.69) is 0 Å². The Morgan fingerprint density at radius 3 is 2.59 bits per heavy atom. The van der Waals surface area contributed by atoms with E-state index in [-0.39, 0.29) is 5.69 Å². The van der Waals surface area contributed by atoms with Crippen molar-refractivity contribution in [3.63, 3.8) is 0 Å². The smallest absolute Gasteiger partial charge is 0.270 e. The fourth-order valence-electron chi connectivity index (χ4n) is 1.72. The second-order valence-electron chi connectivity index (χ2n) is 3.69. The molecule has 1 aromatic rings. The van der Waals surface area contributed by atoms with Gasteiger partial charge in [-0.25, -0.2) is 5.06 Å². The Labute approximate surface area is 96.9 Å². The van der Waals surface area contributed by atoms with E-state index in [1.165, 1.54) is 18.2 Å². The first-order valence-corrected chi connectivity index (χ1v) is 5.02. The molecule has 0 fully saturated rings. The highest BCUT2D eigenvalue weighted by molar-refractivity contribution is 5.87. The molecule has 1 aliphatic rings. The maximum absolute atomic E-state index is 11.2. The van der Waals surface area contributed by atoms with Crippen LogP contribution in [0, 0.1) is 10.1 Å². The molecule has 1 amide bonds. The van der Waals surface area contributed by atoms with Crippen LogP contribution in [0.3, 0.4) is 0 Å². The van der Waals surface area contributed by atoms with Gasteiger partial charge in [-0.3, -0.25) is 20.1 Å². The topological polar surface area (TPSA) is 83.7 Å². The number of amides is 1. The molecule has 1 N–H and O–H groups in total. The number of benzene rings is 1. The van der Waals surface area contributed by atoms with E-state index in [4.69, 9.17) is 0 Å². The maximum atomic E-state index is 11.2. The SMILES string of the molecule is O=C1C=CCC(c2ccc([N+](=O)[O-])cc2)N1O. The van der Waals surface area contributed by atoms with Crippen LogP contribution in [0.15, 0.2) is 36.4 Å². The average molecular weight is 234 g/mol. The fourth-order valence-corrected chi connectivity index (χ4v) is 1.72. The molecule has 0 aromatic heterocycles. The summed E-state index contributed by atoms with van der Waals surface area (Å²) in [7, 11) is 0. The molecule has 0 saturated heterocycles. The summed E-state index contributed by atoms with van der Waals surface area (Å²) in [5.41, 5.74) is 0.645. The molecule has 1 heterocycles. The molecule has 0 bridgehead atoms. The maximum Gasteiger partial charge on any atom is 0.270 e. The lowest BCUT2D eigenvalue weighted by Gasteiger charge is -2.27. The van der Waals surface area contributed by atoms with Gasteiger partial charge in [0.05, 0.1) is 11.0 Å². The van der Waals surface area contributed by atoms with E-state index in [0.717, 1.165) is 0 Å². The van der Waals surface area contributed by atoms with E-state index in [1.54, 1.807) is 18.2 Å². The molecule has 6 heteroatoms. The van der Waals surface area contributed by atoms with Gasteiger partial charge in [0.1, 0.15) is 0 Å². The largest absolute Gasteiger partial charge is 0.285 e. The van der Waals surface area contributed by atoms with Crippen LogP contribution in [0.2, 0.25) is 0 Å². The van der Waals surface area contributed by atoms with Crippen molar-refractivity contribution in [2.24, 2.45) is 0 Å². The van der Waals surface area contributed by atoms with E-state index in [0.29, 0.717) is 17.0 Å². The number of nitro groups is 1. The third-order valence-corrected chi connectivity index (χ3v) is 2.63. The van der Waals surface area contributed by atoms with Crippen molar-refractivity contribution in [2.75, 3.05) is 0 Å². The van der Waals surface area contributed by atoms with Crippen LogP contribution in [0.5, 0.6) is 0 Å². The molecule has 2 rings (SSSR count). The Morgan fingerprint density at radius 2 is 2.00 bits per heavy atom. The molecule has 0 spiro atoms. The number of hydrogen-bond donors (Lipinski definition) is 1. The van der Waals surface area contributed by atoms with E-state index >= 15 is 0 Å². The van der Waals surface area contributed by atoms with Gasteiger partial charge < -0.3 is 0 Å². The Kier molecular flexibility index (Phi) is 2.88. The Morgan fingerprint density at radius 1 is 1.35 bits per heavy atom. The number of hydrogen-bond acceptors (Lipinski definition) is 4. The summed E-state index contributed by atoms with van der Waals surface area (Å²) >= 11 is 0. The number of non-ortho nitro benzene ring substituents is 1. The van der Waals surface area contributed by atoms with Crippen molar-refractivity contribution in [3.05, 3.63) is 52.1 Å². The van der Waals surface area contributed by atoms with Gasteiger partial charge in [0, 0.05) is 18.2 Å². The molecule has 1 aromatic carbocycles. The van der Waals surface area contributed by atoms with Crippen molar-refractivity contribution in [2.45, 2.75) is 12.5 Å². The molecule has 0 saturated carbocycles. The van der Waals surface area contributed by atoms with Gasteiger partial charge in [0.2, 0.25) is 0 Å². The zero-order valence-corrected chi connectivity index (χ0v) is 8.81. The van der Waals surface area contributed by atoms with Crippen molar-refractivity contribution in [3.8, 4) is 0 Å². The molecule has 0 aliphatic carbocycles. The minimum absolute atomic E-state index is 0.0177. The third-order valence-electron chi connectivity index (χ3n) is 2.63. The van der Waals surface area contributed by atoms with Crippen molar-refractivity contribution in [1.29, 1.82) is 0 Å². The number of nitro benzene ring substituents is 1. The van der Waals surface area contributed by atoms with Gasteiger partial charge in [0.15, 0.2) is 0 Å². The van der Waals surface area contributed by atoms with E-state index in [9.17, 15) is 20.1 Å². The normalized spacial score (nSPS) is 19.5. The highest BCUT2D eigenvalue weighted by Gasteiger charge is 2.25. The lowest BCUT2D eigenvalue weighted by molar-refractivity contribution is -0.384. The van der Waals surface area contributed by atoms with Gasteiger partial charge >= 0.3 is 0 Å². The summed E-state index contributed by atoms with van der Waals surface area (Å²) in [5.74, 6) is -0.486. The van der Waals surface area contributed by atoms with E-state index in [1.807, 2.05) is 0 Å². The first-order valence-electron chi connectivity index (χ1n) is 5.02. The van der Waals surface area contributed by atoms with Crippen LogP contribution < -0.4 is 0 Å². The highest BCUT2D eigenvalue weighted by atomic mass is 16.6. The zero-order valence-electron chi connectivity index (χ0n) is 8.81. The summed E-state index contributed by atoms with van der Waals surface area (Å²) in [6, 6.07) is 5.31. The number of carbonyl (C=O) groups is 1. The predicted octanol–water partition coefficient (Wildman–Crippen LogP) is 1.81. The summed E-state index contributed by atoms with van der Waals surface area (Å²) < 4.78 is 0. The average Bonchev–Trinajstić information content (AvgIpc) is 2.33. The molecule has 1 atom stereocenters. The lowest BCUT2D eigenvalue weighted by atomic mass is 10.0. The molecule has 1 aliphatic heterocycles. The summed E-state index contributed by atoms with van der Waals surface area (Å²) in [5, 5.41) is 20.7. The third kappa shape index (κ3) is 2.16.